The van der Waals surface area contributed by atoms with Crippen molar-refractivity contribution in [2.45, 2.75) is 0 Å². The van der Waals surface area contributed by atoms with Gasteiger partial charge >= 0.3 is 0 Å². The fraction of sp³-hybridized carbons (Fsp3) is 0.133. The van der Waals surface area contributed by atoms with Gasteiger partial charge in [0.1, 0.15) is 11.3 Å². The van der Waals surface area contributed by atoms with Gasteiger partial charge in [-0.2, -0.15) is 0 Å². The molecular weight excluding hydrogens is 311 g/mol. The molecule has 0 spiro atoms. The first-order valence-corrected chi connectivity index (χ1v) is 6.95. The zero-order valence-electron chi connectivity index (χ0n) is 11.4. The summed E-state index contributed by atoms with van der Waals surface area (Å²) in [6.07, 6.45) is 0. The SMILES string of the molecule is COc1ccc(-c2nc3c(Cl)c(Cl)ccc3[nH]2)cc1OC. The average Bonchev–Trinajstić information content (AvgIpc) is 2.95. The van der Waals surface area contributed by atoms with Gasteiger partial charge < -0.3 is 14.5 Å². The van der Waals surface area contributed by atoms with Gasteiger partial charge in [-0.3, -0.25) is 0 Å². The van der Waals surface area contributed by atoms with E-state index in [0.29, 0.717) is 32.9 Å². The number of aromatic nitrogens is 2. The van der Waals surface area contributed by atoms with E-state index in [2.05, 4.69) is 9.97 Å². The Morgan fingerprint density at radius 3 is 2.48 bits per heavy atom. The first-order valence-electron chi connectivity index (χ1n) is 6.20. The van der Waals surface area contributed by atoms with E-state index in [0.717, 1.165) is 11.1 Å². The number of hydrogen-bond acceptors (Lipinski definition) is 3. The molecule has 1 aromatic heterocycles. The molecule has 3 rings (SSSR count). The second-order valence-corrected chi connectivity index (χ2v) is 5.20. The highest BCUT2D eigenvalue weighted by Crippen LogP contribution is 2.34. The van der Waals surface area contributed by atoms with E-state index in [4.69, 9.17) is 32.7 Å². The molecule has 0 unspecified atom stereocenters. The van der Waals surface area contributed by atoms with Crippen molar-refractivity contribution in [2.75, 3.05) is 14.2 Å². The zero-order valence-corrected chi connectivity index (χ0v) is 12.9. The summed E-state index contributed by atoms with van der Waals surface area (Å²) in [5.41, 5.74) is 2.35. The number of hydrogen-bond donors (Lipinski definition) is 1. The summed E-state index contributed by atoms with van der Waals surface area (Å²) in [5, 5.41) is 0.923. The monoisotopic (exact) mass is 322 g/mol. The van der Waals surface area contributed by atoms with Crippen LogP contribution in [0.1, 0.15) is 0 Å². The summed E-state index contributed by atoms with van der Waals surface area (Å²) in [7, 11) is 3.19. The molecule has 2 aromatic carbocycles. The minimum absolute atomic E-state index is 0.442. The summed E-state index contributed by atoms with van der Waals surface area (Å²) in [5.74, 6) is 1.99. The highest BCUT2D eigenvalue weighted by atomic mass is 35.5. The Bertz CT molecular complexity index is 815. The van der Waals surface area contributed by atoms with Gasteiger partial charge in [-0.1, -0.05) is 23.2 Å². The summed E-state index contributed by atoms with van der Waals surface area (Å²) >= 11 is 12.2. The molecule has 0 aliphatic heterocycles. The fourth-order valence-electron chi connectivity index (χ4n) is 2.14. The van der Waals surface area contributed by atoms with Gasteiger partial charge in [0.2, 0.25) is 0 Å². The van der Waals surface area contributed by atoms with Gasteiger partial charge in [0.05, 0.1) is 29.8 Å². The molecular formula is C15H12Cl2N2O2. The Labute approximate surface area is 131 Å². The molecule has 0 aliphatic carbocycles. The molecule has 4 nitrogen and oxygen atoms in total. The number of imidazole rings is 1. The lowest BCUT2D eigenvalue weighted by atomic mass is 10.2. The lowest BCUT2D eigenvalue weighted by Gasteiger charge is -2.08. The van der Waals surface area contributed by atoms with Gasteiger partial charge in [0.25, 0.3) is 0 Å². The Morgan fingerprint density at radius 2 is 1.76 bits per heavy atom. The third-order valence-electron chi connectivity index (χ3n) is 3.20. The van der Waals surface area contributed by atoms with Crippen LogP contribution in [0.5, 0.6) is 11.5 Å². The molecule has 0 saturated carbocycles. The number of nitrogens with one attached hydrogen (secondary N) is 1. The van der Waals surface area contributed by atoms with E-state index < -0.39 is 0 Å². The second-order valence-electron chi connectivity index (χ2n) is 4.41. The van der Waals surface area contributed by atoms with Crippen molar-refractivity contribution in [2.24, 2.45) is 0 Å². The topological polar surface area (TPSA) is 47.1 Å². The number of H-pyrrole nitrogens is 1. The van der Waals surface area contributed by atoms with Crippen molar-refractivity contribution in [1.82, 2.24) is 9.97 Å². The van der Waals surface area contributed by atoms with Gasteiger partial charge in [0.15, 0.2) is 11.5 Å². The van der Waals surface area contributed by atoms with Crippen LogP contribution in [0, 0.1) is 0 Å². The average molecular weight is 323 g/mol. The van der Waals surface area contributed by atoms with Crippen LogP contribution in [-0.4, -0.2) is 24.2 Å². The Hall–Kier alpha value is -1.91. The first-order chi connectivity index (χ1) is 10.1. The number of benzene rings is 2. The van der Waals surface area contributed by atoms with Crippen LogP contribution in [0.25, 0.3) is 22.4 Å². The molecule has 1 heterocycles. The van der Waals surface area contributed by atoms with Gasteiger partial charge in [-0.15, -0.1) is 0 Å². The summed E-state index contributed by atoms with van der Waals surface area (Å²) in [6.45, 7) is 0. The van der Waals surface area contributed by atoms with Crippen LogP contribution >= 0.6 is 23.2 Å². The van der Waals surface area contributed by atoms with E-state index in [-0.39, 0.29) is 0 Å². The van der Waals surface area contributed by atoms with Gasteiger partial charge in [0, 0.05) is 5.56 Å². The standard InChI is InChI=1S/C15H12Cl2N2O2/c1-20-11-6-3-8(7-12(11)21-2)15-18-10-5-4-9(16)13(17)14(10)19-15/h3-7H,1-2H3,(H,18,19). The summed E-state index contributed by atoms with van der Waals surface area (Å²) in [6, 6.07) is 9.17. The third kappa shape index (κ3) is 2.41. The number of halogens is 2. The molecule has 0 radical (unpaired) electrons. The maximum absolute atomic E-state index is 6.17. The first kappa shape index (κ1) is 14.0. The quantitative estimate of drug-likeness (QED) is 0.769. The molecule has 0 amide bonds. The Balaban J connectivity index is 2.14. The third-order valence-corrected chi connectivity index (χ3v) is 4.00. The normalized spacial score (nSPS) is 10.9. The van der Waals surface area contributed by atoms with E-state index >= 15 is 0 Å². The number of aromatic amines is 1. The smallest absolute Gasteiger partial charge is 0.161 e. The number of rotatable bonds is 3. The van der Waals surface area contributed by atoms with Crippen LogP contribution in [0.3, 0.4) is 0 Å². The Kier molecular flexibility index (Phi) is 3.66. The largest absolute Gasteiger partial charge is 0.493 e. The minimum atomic E-state index is 0.442. The second kappa shape index (κ2) is 5.47. The van der Waals surface area contributed by atoms with Crippen molar-refractivity contribution in [3.63, 3.8) is 0 Å². The van der Waals surface area contributed by atoms with Crippen molar-refractivity contribution in [3.05, 3.63) is 40.4 Å². The van der Waals surface area contributed by atoms with Crippen LogP contribution in [0.15, 0.2) is 30.3 Å². The predicted molar refractivity (Wildman–Crippen MR) is 84.7 cm³/mol. The van der Waals surface area contributed by atoms with Crippen LogP contribution in [-0.2, 0) is 0 Å². The molecule has 0 saturated heterocycles. The Morgan fingerprint density at radius 1 is 1.00 bits per heavy atom. The van der Waals surface area contributed by atoms with E-state index in [9.17, 15) is 0 Å². The number of fused-ring (bicyclic) bond motifs is 1. The lowest BCUT2D eigenvalue weighted by Crippen LogP contribution is -1.91. The van der Waals surface area contributed by atoms with Gasteiger partial charge in [-0.05, 0) is 30.3 Å². The maximum Gasteiger partial charge on any atom is 0.161 e. The van der Waals surface area contributed by atoms with Crippen molar-refractivity contribution in [1.29, 1.82) is 0 Å². The molecule has 0 bridgehead atoms. The van der Waals surface area contributed by atoms with E-state index in [1.54, 1.807) is 20.3 Å². The lowest BCUT2D eigenvalue weighted by molar-refractivity contribution is 0.355. The molecule has 21 heavy (non-hydrogen) atoms. The van der Waals surface area contributed by atoms with Crippen LogP contribution in [0.4, 0.5) is 0 Å². The fourth-order valence-corrected chi connectivity index (χ4v) is 2.50. The number of methoxy groups -OCH3 is 2. The van der Waals surface area contributed by atoms with Crippen molar-refractivity contribution in [3.8, 4) is 22.9 Å². The molecule has 3 aromatic rings. The van der Waals surface area contributed by atoms with Crippen LogP contribution in [0.2, 0.25) is 10.0 Å². The maximum atomic E-state index is 6.17. The highest BCUT2D eigenvalue weighted by Gasteiger charge is 2.12. The summed E-state index contributed by atoms with van der Waals surface area (Å²) < 4.78 is 10.5. The van der Waals surface area contributed by atoms with E-state index in [1.807, 2.05) is 24.3 Å². The molecule has 108 valence electrons. The highest BCUT2D eigenvalue weighted by molar-refractivity contribution is 6.44. The number of ether oxygens (including phenoxy) is 2. The molecule has 0 atom stereocenters. The predicted octanol–water partition coefficient (Wildman–Crippen LogP) is 4.55. The van der Waals surface area contributed by atoms with E-state index in [1.165, 1.54) is 0 Å². The molecule has 6 heteroatoms. The number of nitrogens with zero attached hydrogens (tertiary/aromatic N) is 1. The molecule has 1 N–H and O–H groups in total. The zero-order chi connectivity index (χ0) is 15.0. The van der Waals surface area contributed by atoms with Crippen molar-refractivity contribution >= 4 is 34.2 Å². The van der Waals surface area contributed by atoms with Crippen molar-refractivity contribution < 1.29 is 9.47 Å². The van der Waals surface area contributed by atoms with Crippen LogP contribution < -0.4 is 9.47 Å². The van der Waals surface area contributed by atoms with Gasteiger partial charge in [-0.25, -0.2) is 4.98 Å². The minimum Gasteiger partial charge on any atom is -0.493 e. The molecule has 0 aliphatic rings. The summed E-state index contributed by atoms with van der Waals surface area (Å²) in [4.78, 5) is 7.72. The molecule has 0 fully saturated rings.